The van der Waals surface area contributed by atoms with E-state index in [1.165, 1.54) is 24.1 Å². The van der Waals surface area contributed by atoms with E-state index < -0.39 is 17.8 Å². The molecule has 1 saturated heterocycles. The molecule has 1 aromatic rings. The van der Waals surface area contributed by atoms with Gasteiger partial charge in [-0.2, -0.15) is 13.2 Å². The maximum absolute atomic E-state index is 12.5. The van der Waals surface area contributed by atoms with Gasteiger partial charge >= 0.3 is 18.2 Å². The normalized spacial score (nSPS) is 16.1. The van der Waals surface area contributed by atoms with Gasteiger partial charge in [-0.05, 0) is 24.6 Å². The molecule has 1 fully saturated rings. The summed E-state index contributed by atoms with van der Waals surface area (Å²) in [7, 11) is 1.50. The van der Waals surface area contributed by atoms with Gasteiger partial charge in [-0.3, -0.25) is 0 Å². The lowest BCUT2D eigenvalue weighted by atomic mass is 10.1. The summed E-state index contributed by atoms with van der Waals surface area (Å²) in [6, 6.07) is 3.52. The number of hydrogen-bond donors (Lipinski definition) is 3. The van der Waals surface area contributed by atoms with Crippen LogP contribution in [0.25, 0.3) is 0 Å². The van der Waals surface area contributed by atoms with Gasteiger partial charge in [-0.25, -0.2) is 9.59 Å². The number of rotatable bonds is 3. The number of benzene rings is 1. The van der Waals surface area contributed by atoms with Gasteiger partial charge in [0.15, 0.2) is 0 Å². The number of hydrogen-bond acceptors (Lipinski definition) is 2. The minimum atomic E-state index is -4.38. The van der Waals surface area contributed by atoms with Crippen LogP contribution in [0.3, 0.4) is 0 Å². The third-order valence-electron chi connectivity index (χ3n) is 3.81. The SMILES string of the molecule is CNC(=O)NC1CN(C(=O)N[C@@H](C)c2ccc(C(F)(F)F)cc2)C1. The van der Waals surface area contributed by atoms with E-state index in [4.69, 9.17) is 0 Å². The Morgan fingerprint density at radius 2 is 1.79 bits per heavy atom. The lowest BCUT2D eigenvalue weighted by Crippen LogP contribution is -2.63. The fourth-order valence-electron chi connectivity index (χ4n) is 2.31. The lowest BCUT2D eigenvalue weighted by molar-refractivity contribution is -0.137. The van der Waals surface area contributed by atoms with Gasteiger partial charge in [0.2, 0.25) is 0 Å². The summed E-state index contributed by atoms with van der Waals surface area (Å²) < 4.78 is 37.6. The highest BCUT2D eigenvalue weighted by atomic mass is 19.4. The molecule has 0 spiro atoms. The number of nitrogens with zero attached hydrogens (tertiary/aromatic N) is 1. The predicted molar refractivity (Wildman–Crippen MR) is 81.3 cm³/mol. The van der Waals surface area contributed by atoms with Gasteiger partial charge in [0, 0.05) is 20.1 Å². The van der Waals surface area contributed by atoms with Crippen LogP contribution in [-0.4, -0.2) is 43.1 Å². The van der Waals surface area contributed by atoms with Crippen molar-refractivity contribution in [1.29, 1.82) is 0 Å². The topological polar surface area (TPSA) is 73.5 Å². The van der Waals surface area contributed by atoms with Crippen LogP contribution in [-0.2, 0) is 6.18 Å². The number of urea groups is 2. The molecule has 1 aliphatic heterocycles. The Morgan fingerprint density at radius 3 is 2.29 bits per heavy atom. The second-order valence-electron chi connectivity index (χ2n) is 5.62. The highest BCUT2D eigenvalue weighted by Crippen LogP contribution is 2.29. The molecule has 0 aliphatic carbocycles. The van der Waals surface area contributed by atoms with Gasteiger partial charge in [0.1, 0.15) is 0 Å². The zero-order valence-electron chi connectivity index (χ0n) is 13.3. The molecule has 0 bridgehead atoms. The maximum atomic E-state index is 12.5. The molecule has 1 aromatic carbocycles. The molecule has 9 heteroatoms. The first-order valence-corrected chi connectivity index (χ1v) is 7.41. The zero-order valence-corrected chi connectivity index (χ0v) is 13.3. The van der Waals surface area contributed by atoms with Gasteiger partial charge in [0.25, 0.3) is 0 Å². The van der Waals surface area contributed by atoms with Crippen LogP contribution in [0.5, 0.6) is 0 Å². The van der Waals surface area contributed by atoms with Crippen LogP contribution >= 0.6 is 0 Å². The van der Waals surface area contributed by atoms with Crippen molar-refractivity contribution in [2.75, 3.05) is 20.1 Å². The Kier molecular flexibility index (Phi) is 5.20. The number of carbonyl (C=O) groups excluding carboxylic acids is 2. The van der Waals surface area contributed by atoms with Crippen LogP contribution < -0.4 is 16.0 Å². The number of amides is 4. The first kappa shape index (κ1) is 17.9. The van der Waals surface area contributed by atoms with E-state index >= 15 is 0 Å². The van der Waals surface area contributed by atoms with Gasteiger partial charge in [0.05, 0.1) is 17.6 Å². The molecule has 0 aromatic heterocycles. The summed E-state index contributed by atoms with van der Waals surface area (Å²) in [5, 5.41) is 7.83. The quantitative estimate of drug-likeness (QED) is 0.786. The van der Waals surface area contributed by atoms with Crippen LogP contribution in [0.15, 0.2) is 24.3 Å². The van der Waals surface area contributed by atoms with E-state index in [0.29, 0.717) is 18.7 Å². The molecule has 2 rings (SSSR count). The first-order valence-electron chi connectivity index (χ1n) is 7.41. The lowest BCUT2D eigenvalue weighted by Gasteiger charge is -2.39. The van der Waals surface area contributed by atoms with Crippen molar-refractivity contribution in [3.8, 4) is 0 Å². The van der Waals surface area contributed by atoms with Crippen molar-refractivity contribution in [1.82, 2.24) is 20.9 Å². The van der Waals surface area contributed by atoms with Crippen LogP contribution in [0.1, 0.15) is 24.1 Å². The molecule has 0 radical (unpaired) electrons. The maximum Gasteiger partial charge on any atom is 0.416 e. The fraction of sp³-hybridized carbons (Fsp3) is 0.467. The molecular formula is C15H19F3N4O2. The van der Waals surface area contributed by atoms with Gasteiger partial charge in [-0.1, -0.05) is 12.1 Å². The van der Waals surface area contributed by atoms with Crippen LogP contribution in [0, 0.1) is 0 Å². The molecule has 0 saturated carbocycles. The molecule has 24 heavy (non-hydrogen) atoms. The Morgan fingerprint density at radius 1 is 1.21 bits per heavy atom. The van der Waals surface area contributed by atoms with E-state index in [-0.39, 0.29) is 18.1 Å². The van der Waals surface area contributed by atoms with E-state index in [9.17, 15) is 22.8 Å². The smallest absolute Gasteiger partial charge is 0.341 e. The summed E-state index contributed by atoms with van der Waals surface area (Å²) in [5.74, 6) is 0. The average Bonchev–Trinajstić information content (AvgIpc) is 2.49. The fourth-order valence-corrected chi connectivity index (χ4v) is 2.31. The molecule has 0 unspecified atom stereocenters. The van der Waals surface area contributed by atoms with Crippen molar-refractivity contribution in [3.05, 3.63) is 35.4 Å². The second-order valence-corrected chi connectivity index (χ2v) is 5.62. The number of halogens is 3. The third kappa shape index (κ3) is 4.30. The summed E-state index contributed by atoms with van der Waals surface area (Å²) in [4.78, 5) is 24.7. The third-order valence-corrected chi connectivity index (χ3v) is 3.81. The van der Waals surface area contributed by atoms with E-state index in [2.05, 4.69) is 16.0 Å². The van der Waals surface area contributed by atoms with Crippen molar-refractivity contribution < 1.29 is 22.8 Å². The minimum absolute atomic E-state index is 0.0999. The van der Waals surface area contributed by atoms with Crippen LogP contribution in [0.2, 0.25) is 0 Å². The summed E-state index contributed by atoms with van der Waals surface area (Å²) in [6.07, 6.45) is -4.38. The van der Waals surface area contributed by atoms with E-state index in [1.807, 2.05) is 0 Å². The molecule has 1 heterocycles. The van der Waals surface area contributed by atoms with Gasteiger partial charge < -0.3 is 20.9 Å². The molecule has 4 amide bonds. The minimum Gasteiger partial charge on any atom is -0.341 e. The first-order chi connectivity index (χ1) is 11.2. The highest BCUT2D eigenvalue weighted by Gasteiger charge is 2.32. The zero-order chi connectivity index (χ0) is 17.9. The average molecular weight is 344 g/mol. The number of carbonyl (C=O) groups is 2. The molecule has 132 valence electrons. The Balaban J connectivity index is 1.83. The molecule has 1 atom stereocenters. The molecule has 6 nitrogen and oxygen atoms in total. The van der Waals surface area contributed by atoms with Crippen molar-refractivity contribution in [2.45, 2.75) is 25.2 Å². The Hall–Kier alpha value is -2.45. The largest absolute Gasteiger partial charge is 0.416 e. The Bertz CT molecular complexity index is 598. The van der Waals surface area contributed by atoms with Crippen molar-refractivity contribution >= 4 is 12.1 Å². The number of nitrogens with one attached hydrogen (secondary N) is 3. The van der Waals surface area contributed by atoms with Crippen molar-refractivity contribution in [2.24, 2.45) is 0 Å². The monoisotopic (exact) mass is 344 g/mol. The Labute approximate surface area is 137 Å². The van der Waals surface area contributed by atoms with E-state index in [1.54, 1.807) is 6.92 Å². The summed E-state index contributed by atoms with van der Waals surface area (Å²) in [5.41, 5.74) is -0.146. The van der Waals surface area contributed by atoms with Crippen molar-refractivity contribution in [3.63, 3.8) is 0 Å². The summed E-state index contributed by atoms with van der Waals surface area (Å²) >= 11 is 0. The molecular weight excluding hydrogens is 325 g/mol. The van der Waals surface area contributed by atoms with Crippen LogP contribution in [0.4, 0.5) is 22.8 Å². The van der Waals surface area contributed by atoms with E-state index in [0.717, 1.165) is 12.1 Å². The molecule has 3 N–H and O–H groups in total. The number of alkyl halides is 3. The standard InChI is InChI=1S/C15H19F3N4O2/c1-9(10-3-5-11(6-4-10)15(16,17)18)20-14(24)22-7-12(8-22)21-13(23)19-2/h3-6,9,12H,7-8H2,1-2H3,(H,20,24)(H2,19,21,23)/t9-/m0/s1. The summed E-state index contributed by atoms with van der Waals surface area (Å²) in [6.45, 7) is 2.47. The molecule has 1 aliphatic rings. The number of likely N-dealkylation sites (tertiary alicyclic amines) is 1. The van der Waals surface area contributed by atoms with Gasteiger partial charge in [-0.15, -0.1) is 0 Å². The second kappa shape index (κ2) is 6.98. The highest BCUT2D eigenvalue weighted by molar-refractivity contribution is 5.77. The predicted octanol–water partition coefficient (Wildman–Crippen LogP) is 2.09.